The Kier molecular flexibility index (Phi) is 4.39. The second-order valence-electron chi connectivity index (χ2n) is 5.01. The molecule has 2 unspecified atom stereocenters. The van der Waals surface area contributed by atoms with Crippen molar-refractivity contribution in [2.45, 2.75) is 19.4 Å². The van der Waals surface area contributed by atoms with Crippen molar-refractivity contribution >= 4 is 11.7 Å². The summed E-state index contributed by atoms with van der Waals surface area (Å²) in [5.74, 6) is 0.189. The summed E-state index contributed by atoms with van der Waals surface area (Å²) in [6.45, 7) is 3.08. The van der Waals surface area contributed by atoms with Gasteiger partial charge in [0.05, 0.1) is 6.10 Å². The molecule has 2 amide bonds. The summed E-state index contributed by atoms with van der Waals surface area (Å²) >= 11 is 0. The van der Waals surface area contributed by atoms with E-state index in [1.54, 1.807) is 30.0 Å². The molecule has 3 N–H and O–H groups in total. The summed E-state index contributed by atoms with van der Waals surface area (Å²) in [7, 11) is 0. The van der Waals surface area contributed by atoms with Crippen molar-refractivity contribution in [2.75, 3.05) is 25.0 Å². The van der Waals surface area contributed by atoms with Gasteiger partial charge in [-0.15, -0.1) is 0 Å². The second-order valence-corrected chi connectivity index (χ2v) is 5.01. The first-order valence-corrected chi connectivity index (χ1v) is 6.55. The third-order valence-corrected chi connectivity index (χ3v) is 3.45. The van der Waals surface area contributed by atoms with Crippen LogP contribution in [0.25, 0.3) is 0 Å². The Hall–Kier alpha value is -1.59. The summed E-state index contributed by atoms with van der Waals surface area (Å²) in [5, 5.41) is 21.4. The number of anilines is 1. The zero-order valence-electron chi connectivity index (χ0n) is 11.0. The van der Waals surface area contributed by atoms with Gasteiger partial charge in [-0.3, -0.25) is 0 Å². The van der Waals surface area contributed by atoms with Gasteiger partial charge in [-0.05, 0) is 31.0 Å². The van der Waals surface area contributed by atoms with Gasteiger partial charge in [0.15, 0.2) is 0 Å². The smallest absolute Gasteiger partial charge is 0.321 e. The molecule has 1 saturated heterocycles. The number of hydrogen-bond acceptors (Lipinski definition) is 3. The molecule has 5 heteroatoms. The zero-order chi connectivity index (χ0) is 13.8. The van der Waals surface area contributed by atoms with E-state index in [9.17, 15) is 9.90 Å². The van der Waals surface area contributed by atoms with E-state index < -0.39 is 6.10 Å². The lowest BCUT2D eigenvalue weighted by atomic mass is 10.1. The molecule has 1 heterocycles. The summed E-state index contributed by atoms with van der Waals surface area (Å²) in [6.07, 6.45) is 0.292. The van der Waals surface area contributed by atoms with Gasteiger partial charge in [-0.25, -0.2) is 4.79 Å². The summed E-state index contributed by atoms with van der Waals surface area (Å²) in [4.78, 5) is 13.7. The quantitative estimate of drug-likeness (QED) is 0.776. The van der Waals surface area contributed by atoms with Gasteiger partial charge in [0.2, 0.25) is 0 Å². The Morgan fingerprint density at radius 2 is 2.37 bits per heavy atom. The van der Waals surface area contributed by atoms with Crippen molar-refractivity contribution in [3.8, 4) is 0 Å². The number of rotatable bonds is 3. The average molecular weight is 264 g/mol. The van der Waals surface area contributed by atoms with Crippen molar-refractivity contribution in [3.63, 3.8) is 0 Å². The molecule has 0 aliphatic carbocycles. The molecule has 0 radical (unpaired) electrons. The summed E-state index contributed by atoms with van der Waals surface area (Å²) in [6, 6.07) is 7.03. The van der Waals surface area contributed by atoms with E-state index in [0.717, 1.165) is 12.0 Å². The normalized spacial score (nSPS) is 20.4. The molecule has 1 fully saturated rings. The van der Waals surface area contributed by atoms with E-state index in [1.165, 1.54) is 0 Å². The van der Waals surface area contributed by atoms with Gasteiger partial charge in [-0.1, -0.05) is 12.1 Å². The molecule has 0 spiro atoms. The van der Waals surface area contributed by atoms with Crippen LogP contribution in [0, 0.1) is 5.92 Å². The first-order chi connectivity index (χ1) is 9.10. The lowest BCUT2D eigenvalue weighted by Crippen LogP contribution is -2.33. The number of carbonyl (C=O) groups excluding carboxylic acids is 1. The standard InChI is InChI=1S/C14H20N2O3/c1-10(18)12-3-2-4-13(7-12)15-14(19)16-6-5-11(8-16)9-17/h2-4,7,10-11,17-18H,5-6,8-9H2,1H3,(H,15,19). The topological polar surface area (TPSA) is 72.8 Å². The first-order valence-electron chi connectivity index (χ1n) is 6.55. The summed E-state index contributed by atoms with van der Waals surface area (Å²) in [5.41, 5.74) is 1.45. The fourth-order valence-electron chi connectivity index (χ4n) is 2.24. The van der Waals surface area contributed by atoms with Gasteiger partial charge in [0.1, 0.15) is 0 Å². The van der Waals surface area contributed by atoms with E-state index in [-0.39, 0.29) is 18.6 Å². The van der Waals surface area contributed by atoms with Crippen LogP contribution >= 0.6 is 0 Å². The maximum Gasteiger partial charge on any atom is 0.321 e. The maximum absolute atomic E-state index is 12.0. The molecule has 5 nitrogen and oxygen atoms in total. The van der Waals surface area contributed by atoms with Crippen LogP contribution in [0.5, 0.6) is 0 Å². The highest BCUT2D eigenvalue weighted by Gasteiger charge is 2.25. The van der Waals surface area contributed by atoms with Crippen molar-refractivity contribution in [3.05, 3.63) is 29.8 Å². The summed E-state index contributed by atoms with van der Waals surface area (Å²) < 4.78 is 0. The molecule has 1 aliphatic heterocycles. The third-order valence-electron chi connectivity index (χ3n) is 3.45. The number of nitrogens with zero attached hydrogens (tertiary/aromatic N) is 1. The fourth-order valence-corrected chi connectivity index (χ4v) is 2.24. The van der Waals surface area contributed by atoms with Crippen molar-refractivity contribution in [1.82, 2.24) is 4.90 Å². The number of urea groups is 1. The molecule has 1 aliphatic rings. The van der Waals surface area contributed by atoms with Crippen LogP contribution in [-0.2, 0) is 0 Å². The predicted molar refractivity (Wildman–Crippen MR) is 72.9 cm³/mol. The Labute approximate surface area is 112 Å². The van der Waals surface area contributed by atoms with E-state index in [1.807, 2.05) is 6.07 Å². The van der Waals surface area contributed by atoms with Crippen LogP contribution in [0.4, 0.5) is 10.5 Å². The highest BCUT2D eigenvalue weighted by Crippen LogP contribution is 2.19. The Bertz CT molecular complexity index is 448. The Morgan fingerprint density at radius 1 is 1.58 bits per heavy atom. The molecule has 1 aromatic rings. The van der Waals surface area contributed by atoms with E-state index in [0.29, 0.717) is 18.8 Å². The van der Waals surface area contributed by atoms with Crippen molar-refractivity contribution < 1.29 is 15.0 Å². The second kappa shape index (κ2) is 6.04. The highest BCUT2D eigenvalue weighted by atomic mass is 16.3. The van der Waals surface area contributed by atoms with Crippen LogP contribution in [0.2, 0.25) is 0 Å². The molecule has 0 saturated carbocycles. The molecule has 19 heavy (non-hydrogen) atoms. The lowest BCUT2D eigenvalue weighted by molar-refractivity contribution is 0.199. The number of benzene rings is 1. The van der Waals surface area contributed by atoms with Gasteiger partial charge < -0.3 is 20.4 Å². The third kappa shape index (κ3) is 3.45. The fraction of sp³-hybridized carbons (Fsp3) is 0.500. The van der Waals surface area contributed by atoms with E-state index in [2.05, 4.69) is 5.32 Å². The predicted octanol–water partition coefficient (Wildman–Crippen LogP) is 1.59. The largest absolute Gasteiger partial charge is 0.396 e. The van der Waals surface area contributed by atoms with Crippen molar-refractivity contribution in [2.24, 2.45) is 5.92 Å². The number of amides is 2. The van der Waals surface area contributed by atoms with Gasteiger partial charge in [-0.2, -0.15) is 0 Å². The van der Waals surface area contributed by atoms with Crippen LogP contribution in [0.15, 0.2) is 24.3 Å². The number of aliphatic hydroxyl groups excluding tert-OH is 2. The zero-order valence-corrected chi connectivity index (χ0v) is 11.0. The highest BCUT2D eigenvalue weighted by molar-refractivity contribution is 5.89. The van der Waals surface area contributed by atoms with E-state index in [4.69, 9.17) is 5.11 Å². The molecule has 0 aromatic heterocycles. The molecule has 2 atom stereocenters. The Morgan fingerprint density at radius 3 is 3.00 bits per heavy atom. The number of nitrogens with one attached hydrogen (secondary N) is 1. The average Bonchev–Trinajstić information content (AvgIpc) is 2.88. The number of aliphatic hydroxyl groups is 2. The molecular formula is C14H20N2O3. The van der Waals surface area contributed by atoms with Crippen LogP contribution in [0.3, 0.4) is 0 Å². The van der Waals surface area contributed by atoms with E-state index >= 15 is 0 Å². The lowest BCUT2D eigenvalue weighted by Gasteiger charge is -2.17. The number of hydrogen-bond donors (Lipinski definition) is 3. The molecule has 2 rings (SSSR count). The van der Waals surface area contributed by atoms with Crippen LogP contribution in [0.1, 0.15) is 25.0 Å². The minimum atomic E-state index is -0.553. The minimum absolute atomic E-state index is 0.126. The SMILES string of the molecule is CC(O)c1cccc(NC(=O)N2CCC(CO)C2)c1. The van der Waals surface area contributed by atoms with Gasteiger partial charge in [0, 0.05) is 31.3 Å². The van der Waals surface area contributed by atoms with Crippen LogP contribution < -0.4 is 5.32 Å². The van der Waals surface area contributed by atoms with Gasteiger partial charge >= 0.3 is 6.03 Å². The molecule has 1 aromatic carbocycles. The van der Waals surface area contributed by atoms with Crippen LogP contribution in [-0.4, -0.2) is 40.8 Å². The Balaban J connectivity index is 1.97. The first kappa shape index (κ1) is 13.8. The molecule has 0 bridgehead atoms. The molecule has 104 valence electrons. The monoisotopic (exact) mass is 264 g/mol. The maximum atomic E-state index is 12.0. The number of carbonyl (C=O) groups is 1. The number of likely N-dealkylation sites (tertiary alicyclic amines) is 1. The minimum Gasteiger partial charge on any atom is -0.396 e. The van der Waals surface area contributed by atoms with Crippen molar-refractivity contribution in [1.29, 1.82) is 0 Å². The van der Waals surface area contributed by atoms with Gasteiger partial charge in [0.25, 0.3) is 0 Å². The molecular weight excluding hydrogens is 244 g/mol.